The summed E-state index contributed by atoms with van der Waals surface area (Å²) in [6, 6.07) is 12.6. The highest BCUT2D eigenvalue weighted by molar-refractivity contribution is 7.10. The van der Waals surface area contributed by atoms with E-state index in [-0.39, 0.29) is 6.04 Å². The maximum absolute atomic E-state index is 12.4. The van der Waals surface area contributed by atoms with Crippen LogP contribution in [0.5, 0.6) is 0 Å². The topological polar surface area (TPSA) is 61.4 Å². The van der Waals surface area contributed by atoms with Crippen LogP contribution in [0, 0.1) is 0 Å². The van der Waals surface area contributed by atoms with E-state index < -0.39 is 11.8 Å². The van der Waals surface area contributed by atoms with Gasteiger partial charge in [0.15, 0.2) is 0 Å². The number of anilines is 1. The smallest absolute Gasteiger partial charge is 0.309 e. The van der Waals surface area contributed by atoms with Crippen molar-refractivity contribution in [2.45, 2.75) is 44.6 Å². The van der Waals surface area contributed by atoms with Gasteiger partial charge in [0.2, 0.25) is 0 Å². The van der Waals surface area contributed by atoms with Crippen LogP contribution in [0.15, 0.2) is 53.4 Å². The summed E-state index contributed by atoms with van der Waals surface area (Å²) in [5, 5.41) is 7.69. The normalized spacial score (nSPS) is 16.5. The molecule has 2 aliphatic rings. The summed E-state index contributed by atoms with van der Waals surface area (Å²) in [4.78, 5) is 28.2. The molecule has 6 heteroatoms. The van der Waals surface area contributed by atoms with E-state index in [1.807, 2.05) is 6.07 Å². The van der Waals surface area contributed by atoms with E-state index in [1.54, 1.807) is 11.3 Å². The lowest BCUT2D eigenvalue weighted by molar-refractivity contribution is -0.139. The Morgan fingerprint density at radius 3 is 2.70 bits per heavy atom. The van der Waals surface area contributed by atoms with Crippen LogP contribution < -0.4 is 15.5 Å². The van der Waals surface area contributed by atoms with Crippen LogP contribution in [-0.2, 0) is 16.0 Å². The Morgan fingerprint density at radius 1 is 1.03 bits per heavy atom. The van der Waals surface area contributed by atoms with Gasteiger partial charge in [0.05, 0.1) is 6.04 Å². The lowest BCUT2D eigenvalue weighted by atomic mass is 9.97. The molecule has 2 amide bonds. The van der Waals surface area contributed by atoms with E-state index in [0.717, 1.165) is 32.2 Å². The lowest BCUT2D eigenvalue weighted by Gasteiger charge is -2.30. The summed E-state index contributed by atoms with van der Waals surface area (Å²) in [6.07, 6.45) is 8.84. The second kappa shape index (κ2) is 9.94. The number of thiophene rings is 1. The number of carbonyl (C=O) groups excluding carboxylic acids is 2. The molecule has 1 aromatic carbocycles. The highest BCUT2D eigenvalue weighted by Crippen LogP contribution is 2.36. The predicted octanol–water partition coefficient (Wildman–Crippen LogP) is 3.97. The number of carbonyl (C=O) groups is 2. The fourth-order valence-corrected chi connectivity index (χ4v) is 5.19. The first-order chi connectivity index (χ1) is 14.7. The van der Waals surface area contributed by atoms with Gasteiger partial charge in [0.1, 0.15) is 0 Å². The minimum atomic E-state index is -0.554. The molecule has 1 aliphatic carbocycles. The van der Waals surface area contributed by atoms with Gasteiger partial charge in [-0.2, -0.15) is 0 Å². The van der Waals surface area contributed by atoms with E-state index in [4.69, 9.17) is 0 Å². The SMILES string of the molecule is O=C(NCCC1=CCCCC1)C(=O)NC[C@@H](c1cccs1)N1CCc2ccccc21. The Balaban J connectivity index is 1.33. The highest BCUT2D eigenvalue weighted by Gasteiger charge is 2.28. The third kappa shape index (κ3) is 4.93. The molecule has 1 aromatic heterocycles. The van der Waals surface area contributed by atoms with Crippen LogP contribution in [-0.4, -0.2) is 31.4 Å². The average molecular weight is 424 g/mol. The zero-order chi connectivity index (χ0) is 20.8. The van der Waals surface area contributed by atoms with Crippen LogP contribution in [0.3, 0.4) is 0 Å². The molecule has 4 rings (SSSR count). The van der Waals surface area contributed by atoms with Crippen molar-refractivity contribution < 1.29 is 9.59 Å². The molecule has 2 heterocycles. The summed E-state index contributed by atoms with van der Waals surface area (Å²) in [6.45, 7) is 1.84. The minimum Gasteiger partial charge on any atom is -0.361 e. The molecule has 2 N–H and O–H groups in total. The first-order valence-electron chi connectivity index (χ1n) is 10.8. The lowest BCUT2D eigenvalue weighted by Crippen LogP contribution is -2.44. The van der Waals surface area contributed by atoms with E-state index in [1.165, 1.54) is 34.5 Å². The van der Waals surface area contributed by atoms with Gasteiger partial charge >= 0.3 is 11.8 Å². The maximum atomic E-state index is 12.4. The monoisotopic (exact) mass is 423 g/mol. The van der Waals surface area contributed by atoms with Gasteiger partial charge in [-0.15, -0.1) is 11.3 Å². The molecule has 1 atom stereocenters. The Labute approximate surface area is 182 Å². The molecular weight excluding hydrogens is 394 g/mol. The average Bonchev–Trinajstić information content (AvgIpc) is 3.45. The number of nitrogens with one attached hydrogen (secondary N) is 2. The molecular formula is C24H29N3O2S. The Hall–Kier alpha value is -2.60. The van der Waals surface area contributed by atoms with E-state index >= 15 is 0 Å². The fourth-order valence-electron chi connectivity index (χ4n) is 4.35. The zero-order valence-electron chi connectivity index (χ0n) is 17.2. The van der Waals surface area contributed by atoms with Crippen molar-refractivity contribution in [1.29, 1.82) is 0 Å². The summed E-state index contributed by atoms with van der Waals surface area (Å²) in [5.74, 6) is -1.10. The summed E-state index contributed by atoms with van der Waals surface area (Å²) in [7, 11) is 0. The van der Waals surface area contributed by atoms with Crippen molar-refractivity contribution >= 4 is 28.8 Å². The van der Waals surface area contributed by atoms with Crippen LogP contribution in [0.2, 0.25) is 0 Å². The number of hydrogen-bond donors (Lipinski definition) is 2. The van der Waals surface area contributed by atoms with E-state index in [2.05, 4.69) is 57.3 Å². The van der Waals surface area contributed by atoms with Crippen molar-refractivity contribution in [1.82, 2.24) is 10.6 Å². The molecule has 0 saturated heterocycles. The van der Waals surface area contributed by atoms with Gasteiger partial charge < -0.3 is 15.5 Å². The van der Waals surface area contributed by atoms with Crippen LogP contribution in [0.4, 0.5) is 5.69 Å². The standard InChI is InChI=1S/C24H29N3O2S/c28-23(25-14-12-18-7-2-1-3-8-18)24(29)26-17-21(22-11-6-16-30-22)27-15-13-19-9-4-5-10-20(19)27/h4-7,9-11,16,21H,1-3,8,12-15,17H2,(H,25,28)(H,26,29)/t21-/m0/s1. The Bertz CT molecular complexity index is 907. The molecule has 0 unspecified atom stereocenters. The zero-order valence-corrected chi connectivity index (χ0v) is 18.0. The number of para-hydroxylation sites is 1. The first-order valence-corrected chi connectivity index (χ1v) is 11.7. The number of amides is 2. The van der Waals surface area contributed by atoms with Crippen molar-refractivity contribution in [3.8, 4) is 0 Å². The van der Waals surface area contributed by atoms with Gasteiger partial charge in [-0.05, 0) is 61.6 Å². The minimum absolute atomic E-state index is 0.0257. The van der Waals surface area contributed by atoms with Gasteiger partial charge in [0, 0.05) is 30.2 Å². The van der Waals surface area contributed by atoms with Gasteiger partial charge in [-0.1, -0.05) is 35.9 Å². The van der Waals surface area contributed by atoms with Crippen molar-refractivity contribution in [2.75, 3.05) is 24.5 Å². The summed E-state index contributed by atoms with van der Waals surface area (Å²) < 4.78 is 0. The van der Waals surface area contributed by atoms with Crippen molar-refractivity contribution in [3.63, 3.8) is 0 Å². The van der Waals surface area contributed by atoms with Crippen LogP contribution in [0.1, 0.15) is 48.6 Å². The first kappa shape index (κ1) is 20.7. The van der Waals surface area contributed by atoms with Gasteiger partial charge in [0.25, 0.3) is 0 Å². The molecule has 30 heavy (non-hydrogen) atoms. The quantitative estimate of drug-likeness (QED) is 0.523. The molecule has 0 fully saturated rings. The number of benzene rings is 1. The highest BCUT2D eigenvalue weighted by atomic mass is 32.1. The van der Waals surface area contributed by atoms with Gasteiger partial charge in [-0.25, -0.2) is 0 Å². The molecule has 2 aromatic rings. The fraction of sp³-hybridized carbons (Fsp3) is 0.417. The second-order valence-corrected chi connectivity index (χ2v) is 8.91. The van der Waals surface area contributed by atoms with E-state index in [9.17, 15) is 9.59 Å². The molecule has 0 bridgehead atoms. The third-order valence-corrected chi connectivity index (χ3v) is 6.92. The van der Waals surface area contributed by atoms with E-state index in [0.29, 0.717) is 13.1 Å². The summed E-state index contributed by atoms with van der Waals surface area (Å²) in [5.41, 5.74) is 3.95. The molecule has 0 spiro atoms. The number of nitrogens with zero attached hydrogens (tertiary/aromatic N) is 1. The third-order valence-electron chi connectivity index (χ3n) is 5.95. The molecule has 1 aliphatic heterocycles. The summed E-state index contributed by atoms with van der Waals surface area (Å²) >= 11 is 1.68. The van der Waals surface area contributed by atoms with Crippen molar-refractivity contribution in [2.24, 2.45) is 0 Å². The van der Waals surface area contributed by atoms with Crippen molar-refractivity contribution in [3.05, 3.63) is 63.9 Å². The Kier molecular flexibility index (Phi) is 6.84. The number of hydrogen-bond acceptors (Lipinski definition) is 4. The predicted molar refractivity (Wildman–Crippen MR) is 122 cm³/mol. The maximum Gasteiger partial charge on any atom is 0.309 e. The molecule has 0 saturated carbocycles. The Morgan fingerprint density at radius 2 is 1.90 bits per heavy atom. The number of fused-ring (bicyclic) bond motifs is 1. The van der Waals surface area contributed by atoms with Gasteiger partial charge in [-0.3, -0.25) is 9.59 Å². The molecule has 158 valence electrons. The largest absolute Gasteiger partial charge is 0.361 e. The second-order valence-electron chi connectivity index (χ2n) is 7.93. The molecule has 5 nitrogen and oxygen atoms in total. The number of allylic oxidation sites excluding steroid dienone is 1. The van der Waals surface area contributed by atoms with Crippen LogP contribution in [0.25, 0.3) is 0 Å². The molecule has 0 radical (unpaired) electrons. The number of rotatable bonds is 7. The van der Waals surface area contributed by atoms with Crippen LogP contribution >= 0.6 is 11.3 Å².